The number of nitrogens with zero attached hydrogens (tertiary/aromatic N) is 1. The number of rotatable bonds is 8. The predicted molar refractivity (Wildman–Crippen MR) is 102 cm³/mol. The van der Waals surface area contributed by atoms with Gasteiger partial charge in [0.1, 0.15) is 11.5 Å². The summed E-state index contributed by atoms with van der Waals surface area (Å²) in [5.41, 5.74) is 0.583. The zero-order valence-electron chi connectivity index (χ0n) is 14.0. The van der Waals surface area contributed by atoms with Crippen molar-refractivity contribution >= 4 is 43.7 Å². The largest absolute Gasteiger partial charge is 0.616 e. The Morgan fingerprint density at radius 1 is 1.31 bits per heavy atom. The minimum atomic E-state index is -4.29. The normalized spacial score (nSPS) is 14.0. The van der Waals surface area contributed by atoms with Gasteiger partial charge in [0, 0.05) is 12.7 Å². The summed E-state index contributed by atoms with van der Waals surface area (Å²) in [4.78, 5) is 12.9. The summed E-state index contributed by atoms with van der Waals surface area (Å²) in [5, 5.41) is 10.7. The Labute approximate surface area is 154 Å². The average molecular weight is 397 g/mol. The first-order valence-corrected chi connectivity index (χ1v) is 10.5. The highest BCUT2D eigenvalue weighted by molar-refractivity contribution is 7.91. The van der Waals surface area contributed by atoms with E-state index in [1.165, 1.54) is 29.2 Å². The van der Waals surface area contributed by atoms with Gasteiger partial charge >= 0.3 is 5.97 Å². The minimum Gasteiger partial charge on any atom is -0.616 e. The highest BCUT2D eigenvalue weighted by atomic mass is 32.2. The molecule has 140 valence electrons. The van der Waals surface area contributed by atoms with Gasteiger partial charge in [-0.1, -0.05) is 18.7 Å². The average Bonchev–Trinajstić information content (AvgIpc) is 2.57. The van der Waals surface area contributed by atoms with Crippen molar-refractivity contribution in [2.24, 2.45) is 0 Å². The molecule has 0 aliphatic rings. The van der Waals surface area contributed by atoms with Crippen molar-refractivity contribution in [2.75, 3.05) is 23.5 Å². The van der Waals surface area contributed by atoms with E-state index < -0.39 is 33.3 Å². The van der Waals surface area contributed by atoms with Crippen LogP contribution in [0.2, 0.25) is 0 Å². The van der Waals surface area contributed by atoms with Crippen LogP contribution in [0, 0.1) is 0 Å². The smallest absolute Gasteiger partial charge is 0.331 e. The Morgan fingerprint density at radius 2 is 1.92 bits per heavy atom. The number of fused-ring (bicyclic) bond motifs is 1. The second-order valence-corrected chi connectivity index (χ2v) is 8.66. The third kappa shape index (κ3) is 4.76. The van der Waals surface area contributed by atoms with Crippen molar-refractivity contribution in [3.63, 3.8) is 0 Å². The van der Waals surface area contributed by atoms with E-state index in [2.05, 4.69) is 6.58 Å². The number of carbonyl (C=O) groups is 1. The lowest BCUT2D eigenvalue weighted by Crippen LogP contribution is -2.44. The van der Waals surface area contributed by atoms with Gasteiger partial charge in [0.15, 0.2) is 6.04 Å². The van der Waals surface area contributed by atoms with Gasteiger partial charge in [0.05, 0.1) is 4.90 Å². The number of carboxylic acids is 1. The Hall–Kier alpha value is -2.07. The summed E-state index contributed by atoms with van der Waals surface area (Å²) in [6.45, 7) is 3.50. The van der Waals surface area contributed by atoms with E-state index in [-0.39, 0.29) is 16.4 Å². The van der Waals surface area contributed by atoms with Crippen molar-refractivity contribution in [3.8, 4) is 0 Å². The summed E-state index contributed by atoms with van der Waals surface area (Å²) in [7, 11) is -2.70. The molecule has 2 aromatic rings. The van der Waals surface area contributed by atoms with E-state index in [4.69, 9.17) is 4.55 Å². The van der Waals surface area contributed by atoms with Gasteiger partial charge in [-0.25, -0.2) is 4.79 Å². The number of hydrogen-bond acceptors (Lipinski definition) is 5. The molecule has 0 heterocycles. The maximum absolute atomic E-state index is 11.9. The number of anilines is 1. The second-order valence-electron chi connectivity index (χ2n) is 5.70. The van der Waals surface area contributed by atoms with Crippen LogP contribution in [0.5, 0.6) is 0 Å². The topological polar surface area (TPSA) is 118 Å². The van der Waals surface area contributed by atoms with Crippen molar-refractivity contribution in [2.45, 2.75) is 10.9 Å². The molecule has 26 heavy (non-hydrogen) atoms. The molecule has 2 rings (SSSR count). The van der Waals surface area contributed by atoms with Gasteiger partial charge in [0.2, 0.25) is 0 Å². The van der Waals surface area contributed by atoms with Gasteiger partial charge in [-0.3, -0.25) is 4.55 Å². The third-order valence-electron chi connectivity index (χ3n) is 3.90. The first kappa shape index (κ1) is 20.2. The van der Waals surface area contributed by atoms with E-state index in [9.17, 15) is 22.9 Å². The summed E-state index contributed by atoms with van der Waals surface area (Å²) in [5.74, 6) is -0.919. The zero-order valence-corrected chi connectivity index (χ0v) is 15.7. The van der Waals surface area contributed by atoms with Gasteiger partial charge in [-0.2, -0.15) is 8.42 Å². The molecular weight excluding hydrogens is 378 g/mol. The third-order valence-corrected chi connectivity index (χ3v) is 6.05. The molecule has 0 bridgehead atoms. The Kier molecular flexibility index (Phi) is 6.30. The fourth-order valence-corrected chi connectivity index (χ4v) is 4.13. The molecule has 2 atom stereocenters. The molecule has 1 unspecified atom stereocenters. The van der Waals surface area contributed by atoms with Crippen LogP contribution < -0.4 is 4.90 Å². The van der Waals surface area contributed by atoms with Crippen molar-refractivity contribution in [3.05, 3.63) is 49.1 Å². The number of likely N-dealkylation sites (N-methyl/N-ethyl adjacent to an activating group) is 1. The van der Waals surface area contributed by atoms with Crippen molar-refractivity contribution in [1.82, 2.24) is 0 Å². The van der Waals surface area contributed by atoms with Crippen LogP contribution in [0.4, 0.5) is 5.69 Å². The van der Waals surface area contributed by atoms with Gasteiger partial charge in [-0.15, -0.1) is 0 Å². The number of hydrogen-bond donors (Lipinski definition) is 2. The molecule has 0 aromatic heterocycles. The Morgan fingerprint density at radius 3 is 2.50 bits per heavy atom. The summed E-state index contributed by atoms with van der Waals surface area (Å²) < 4.78 is 43.5. The molecule has 0 spiro atoms. The molecule has 0 saturated carbocycles. The van der Waals surface area contributed by atoms with Crippen LogP contribution in [0.1, 0.15) is 0 Å². The molecule has 2 N–H and O–H groups in total. The molecule has 0 radical (unpaired) electrons. The molecule has 0 amide bonds. The Bertz CT molecular complexity index is 928. The standard InChI is InChI=1S/C17H19NO6S2/c1-3-8-25(21)11-16(17(19)20)18(2)14-6-4-13-10-15(26(22,23)24)7-5-12(13)9-14/h3-7,9-10,16H,1,8,11H2,2H3,(H,19,20)(H,22,23,24)/t16-,25?/m0/s1. The zero-order chi connectivity index (χ0) is 19.5. The lowest BCUT2D eigenvalue weighted by molar-refractivity contribution is -0.138. The van der Waals surface area contributed by atoms with Gasteiger partial charge < -0.3 is 14.6 Å². The lowest BCUT2D eigenvalue weighted by Gasteiger charge is -2.27. The minimum absolute atomic E-state index is 0.0441. The number of benzene rings is 2. The van der Waals surface area contributed by atoms with Crippen molar-refractivity contribution in [1.29, 1.82) is 0 Å². The molecule has 9 heteroatoms. The summed E-state index contributed by atoms with van der Waals surface area (Å²) >= 11 is -1.34. The quantitative estimate of drug-likeness (QED) is 0.397. The van der Waals surface area contributed by atoms with Crippen LogP contribution in [0.3, 0.4) is 0 Å². The second kappa shape index (κ2) is 8.09. The molecule has 2 aromatic carbocycles. The van der Waals surface area contributed by atoms with Crippen LogP contribution in [0.25, 0.3) is 10.8 Å². The van der Waals surface area contributed by atoms with E-state index in [0.29, 0.717) is 16.5 Å². The first-order valence-electron chi connectivity index (χ1n) is 7.56. The van der Waals surface area contributed by atoms with Gasteiger partial charge in [0.25, 0.3) is 10.1 Å². The van der Waals surface area contributed by atoms with Crippen LogP contribution in [-0.2, 0) is 26.1 Å². The number of aliphatic carboxylic acids is 1. The van der Waals surface area contributed by atoms with Crippen molar-refractivity contribution < 1.29 is 27.4 Å². The molecule has 0 aliphatic carbocycles. The summed E-state index contributed by atoms with van der Waals surface area (Å²) in [6.07, 6.45) is 1.48. The first-order chi connectivity index (χ1) is 12.1. The number of carboxylic acid groups (broad SMARTS) is 1. The summed E-state index contributed by atoms with van der Waals surface area (Å²) in [6, 6.07) is 8.14. The fraction of sp³-hybridized carbons (Fsp3) is 0.235. The molecule has 0 saturated heterocycles. The lowest BCUT2D eigenvalue weighted by atomic mass is 10.1. The Balaban J connectivity index is 2.35. The predicted octanol–water partition coefficient (Wildman–Crippen LogP) is 1.91. The van der Waals surface area contributed by atoms with E-state index in [0.717, 1.165) is 0 Å². The maximum Gasteiger partial charge on any atom is 0.331 e. The van der Waals surface area contributed by atoms with E-state index in [1.54, 1.807) is 25.2 Å². The fourth-order valence-electron chi connectivity index (χ4n) is 2.50. The highest BCUT2D eigenvalue weighted by Gasteiger charge is 2.28. The van der Waals surface area contributed by atoms with E-state index in [1.807, 2.05) is 0 Å². The highest BCUT2D eigenvalue weighted by Crippen LogP contribution is 2.25. The van der Waals surface area contributed by atoms with Gasteiger partial charge in [-0.05, 0) is 52.3 Å². The van der Waals surface area contributed by atoms with Crippen LogP contribution >= 0.6 is 0 Å². The van der Waals surface area contributed by atoms with Crippen LogP contribution in [-0.4, -0.2) is 53.2 Å². The molecule has 0 fully saturated rings. The van der Waals surface area contributed by atoms with Crippen LogP contribution in [0.15, 0.2) is 53.9 Å². The van der Waals surface area contributed by atoms with E-state index >= 15 is 0 Å². The monoisotopic (exact) mass is 397 g/mol. The molecule has 0 aliphatic heterocycles. The molecular formula is C17H19NO6S2. The maximum atomic E-state index is 11.9. The SMILES string of the molecule is C=CC[S+]([O-])C[C@@H](C(=O)O)N(C)c1ccc2cc(S(=O)(=O)O)ccc2c1. The molecule has 7 nitrogen and oxygen atoms in total.